The molecule has 3 aromatic rings. The average molecular weight is 444 g/mol. The number of nitrogens with one attached hydrogen (secondary N) is 1. The maximum absolute atomic E-state index is 13.0. The standard InChI is InChI=1S/C21H19BrFN3O2/c1-14(15-4-8-18(23)9-5-15)24-20(27)12-13-26-21(28)11-10-19(25-26)16-2-6-17(22)7-3-16/h2-11,14H,12-13H2,1H3,(H,24,27). The van der Waals surface area contributed by atoms with E-state index in [1.807, 2.05) is 31.2 Å². The van der Waals surface area contributed by atoms with Crippen LogP contribution in [-0.2, 0) is 11.3 Å². The number of rotatable bonds is 6. The molecule has 144 valence electrons. The van der Waals surface area contributed by atoms with Crippen LogP contribution in [0.5, 0.6) is 0 Å². The number of benzene rings is 2. The summed E-state index contributed by atoms with van der Waals surface area (Å²) in [4.78, 5) is 24.3. The fourth-order valence-electron chi connectivity index (χ4n) is 2.74. The van der Waals surface area contributed by atoms with E-state index in [-0.39, 0.29) is 36.3 Å². The number of carbonyl (C=O) groups is 1. The van der Waals surface area contributed by atoms with Crippen molar-refractivity contribution in [3.05, 3.63) is 86.9 Å². The van der Waals surface area contributed by atoms with Crippen molar-refractivity contribution in [2.75, 3.05) is 0 Å². The van der Waals surface area contributed by atoms with E-state index in [1.54, 1.807) is 18.2 Å². The summed E-state index contributed by atoms with van der Waals surface area (Å²) in [6, 6.07) is 16.4. The van der Waals surface area contributed by atoms with Crippen LogP contribution in [0.1, 0.15) is 24.9 Å². The summed E-state index contributed by atoms with van der Waals surface area (Å²) in [7, 11) is 0. The first kappa shape index (κ1) is 19.9. The lowest BCUT2D eigenvalue weighted by Gasteiger charge is -2.14. The highest BCUT2D eigenvalue weighted by Crippen LogP contribution is 2.19. The molecule has 28 heavy (non-hydrogen) atoms. The number of carbonyl (C=O) groups excluding carboxylic acids is 1. The van der Waals surface area contributed by atoms with Gasteiger partial charge in [-0.05, 0) is 42.8 Å². The lowest BCUT2D eigenvalue weighted by atomic mass is 10.1. The van der Waals surface area contributed by atoms with Crippen LogP contribution in [-0.4, -0.2) is 15.7 Å². The van der Waals surface area contributed by atoms with Gasteiger partial charge in [0.2, 0.25) is 5.91 Å². The second-order valence-electron chi connectivity index (χ2n) is 6.38. The molecule has 0 aliphatic heterocycles. The van der Waals surface area contributed by atoms with Gasteiger partial charge in [-0.15, -0.1) is 0 Å². The van der Waals surface area contributed by atoms with Crippen molar-refractivity contribution in [1.82, 2.24) is 15.1 Å². The first-order valence-electron chi connectivity index (χ1n) is 8.81. The van der Waals surface area contributed by atoms with Crippen molar-refractivity contribution < 1.29 is 9.18 Å². The zero-order valence-corrected chi connectivity index (χ0v) is 16.8. The smallest absolute Gasteiger partial charge is 0.266 e. The Kier molecular flexibility index (Phi) is 6.36. The number of aromatic nitrogens is 2. The molecule has 0 fully saturated rings. The molecule has 5 nitrogen and oxygen atoms in total. The first-order chi connectivity index (χ1) is 13.4. The van der Waals surface area contributed by atoms with Crippen molar-refractivity contribution in [3.8, 4) is 11.3 Å². The Balaban J connectivity index is 1.64. The second kappa shape index (κ2) is 8.93. The van der Waals surface area contributed by atoms with Gasteiger partial charge in [-0.3, -0.25) is 9.59 Å². The van der Waals surface area contributed by atoms with Crippen molar-refractivity contribution in [3.63, 3.8) is 0 Å². The lowest BCUT2D eigenvalue weighted by Crippen LogP contribution is -2.30. The van der Waals surface area contributed by atoms with Gasteiger partial charge < -0.3 is 5.32 Å². The molecule has 1 N–H and O–H groups in total. The Morgan fingerprint density at radius 2 is 1.79 bits per heavy atom. The van der Waals surface area contributed by atoms with Crippen molar-refractivity contribution in [2.24, 2.45) is 0 Å². The summed E-state index contributed by atoms with van der Waals surface area (Å²) in [5, 5.41) is 7.21. The molecule has 1 atom stereocenters. The highest BCUT2D eigenvalue weighted by atomic mass is 79.9. The molecule has 0 aliphatic carbocycles. The molecule has 7 heteroatoms. The van der Waals surface area contributed by atoms with Gasteiger partial charge >= 0.3 is 0 Å². The summed E-state index contributed by atoms with van der Waals surface area (Å²) in [5.41, 5.74) is 2.08. The van der Waals surface area contributed by atoms with E-state index in [0.29, 0.717) is 5.69 Å². The average Bonchev–Trinajstić information content (AvgIpc) is 2.68. The number of hydrogen-bond donors (Lipinski definition) is 1. The Hall–Kier alpha value is -2.80. The molecule has 1 amide bonds. The highest BCUT2D eigenvalue weighted by molar-refractivity contribution is 9.10. The van der Waals surface area contributed by atoms with Gasteiger partial charge in [0.25, 0.3) is 5.56 Å². The zero-order chi connectivity index (χ0) is 20.1. The predicted octanol–water partition coefficient (Wildman–Crippen LogP) is 4.08. The largest absolute Gasteiger partial charge is 0.350 e. The first-order valence-corrected chi connectivity index (χ1v) is 9.60. The third-order valence-corrected chi connectivity index (χ3v) is 4.83. The maximum Gasteiger partial charge on any atom is 0.266 e. The molecule has 1 heterocycles. The van der Waals surface area contributed by atoms with Gasteiger partial charge in [0.05, 0.1) is 18.3 Å². The molecule has 1 unspecified atom stereocenters. The van der Waals surface area contributed by atoms with E-state index in [2.05, 4.69) is 26.3 Å². The van der Waals surface area contributed by atoms with Crippen molar-refractivity contribution >= 4 is 21.8 Å². The quantitative estimate of drug-likeness (QED) is 0.624. The molecule has 2 aromatic carbocycles. The molecule has 0 spiro atoms. The SMILES string of the molecule is CC(NC(=O)CCn1nc(-c2ccc(Br)cc2)ccc1=O)c1ccc(F)cc1. The van der Waals surface area contributed by atoms with E-state index < -0.39 is 0 Å². The molecule has 0 saturated carbocycles. The normalized spacial score (nSPS) is 11.8. The summed E-state index contributed by atoms with van der Waals surface area (Å²) in [6.07, 6.45) is 0.113. The van der Waals surface area contributed by atoms with Crippen molar-refractivity contribution in [1.29, 1.82) is 0 Å². The van der Waals surface area contributed by atoms with E-state index in [0.717, 1.165) is 15.6 Å². The second-order valence-corrected chi connectivity index (χ2v) is 7.29. The van der Waals surface area contributed by atoms with E-state index >= 15 is 0 Å². The minimum atomic E-state index is -0.321. The lowest BCUT2D eigenvalue weighted by molar-refractivity contribution is -0.122. The van der Waals surface area contributed by atoms with Gasteiger partial charge in [0, 0.05) is 22.5 Å². The summed E-state index contributed by atoms with van der Waals surface area (Å²) in [6.45, 7) is 1.99. The van der Waals surface area contributed by atoms with Crippen LogP contribution >= 0.6 is 15.9 Å². The number of halogens is 2. The van der Waals surface area contributed by atoms with Crippen LogP contribution in [0.4, 0.5) is 4.39 Å². The monoisotopic (exact) mass is 443 g/mol. The topological polar surface area (TPSA) is 64.0 Å². The highest BCUT2D eigenvalue weighted by Gasteiger charge is 2.11. The fourth-order valence-corrected chi connectivity index (χ4v) is 3.00. The molecular weight excluding hydrogens is 425 g/mol. The molecule has 0 radical (unpaired) electrons. The number of hydrogen-bond acceptors (Lipinski definition) is 3. The van der Waals surface area contributed by atoms with Crippen LogP contribution in [0.15, 0.2) is 69.9 Å². The molecular formula is C21H19BrFN3O2. The number of aryl methyl sites for hydroxylation is 1. The number of nitrogens with zero attached hydrogens (tertiary/aromatic N) is 2. The van der Waals surface area contributed by atoms with Gasteiger partial charge in [0.15, 0.2) is 0 Å². The Morgan fingerprint density at radius 3 is 2.46 bits per heavy atom. The number of amides is 1. The summed E-state index contributed by atoms with van der Waals surface area (Å²) < 4.78 is 15.3. The van der Waals surface area contributed by atoms with Gasteiger partial charge in [-0.2, -0.15) is 5.10 Å². The van der Waals surface area contributed by atoms with Crippen molar-refractivity contribution in [2.45, 2.75) is 25.9 Å². The molecule has 0 saturated heterocycles. The minimum absolute atomic E-state index is 0.113. The fraction of sp³-hybridized carbons (Fsp3) is 0.190. The molecule has 0 bridgehead atoms. The summed E-state index contributed by atoms with van der Waals surface area (Å²) >= 11 is 3.39. The van der Waals surface area contributed by atoms with Crippen LogP contribution in [0.2, 0.25) is 0 Å². The van der Waals surface area contributed by atoms with Crippen LogP contribution < -0.4 is 10.9 Å². The zero-order valence-electron chi connectivity index (χ0n) is 15.2. The third-order valence-electron chi connectivity index (χ3n) is 4.30. The molecule has 3 rings (SSSR count). The Bertz CT molecular complexity index is 1020. The minimum Gasteiger partial charge on any atom is -0.350 e. The predicted molar refractivity (Wildman–Crippen MR) is 109 cm³/mol. The van der Waals surface area contributed by atoms with Gasteiger partial charge in [0.1, 0.15) is 5.82 Å². The van der Waals surface area contributed by atoms with E-state index in [4.69, 9.17) is 0 Å². The van der Waals surface area contributed by atoms with Crippen LogP contribution in [0.25, 0.3) is 11.3 Å². The summed E-state index contributed by atoms with van der Waals surface area (Å²) in [5.74, 6) is -0.530. The van der Waals surface area contributed by atoms with Crippen LogP contribution in [0, 0.1) is 5.82 Å². The molecule has 0 aliphatic rings. The van der Waals surface area contributed by atoms with E-state index in [9.17, 15) is 14.0 Å². The maximum atomic E-state index is 13.0. The third kappa shape index (κ3) is 5.13. The van der Waals surface area contributed by atoms with Gasteiger partial charge in [-0.25, -0.2) is 9.07 Å². The van der Waals surface area contributed by atoms with Crippen LogP contribution in [0.3, 0.4) is 0 Å². The van der Waals surface area contributed by atoms with E-state index in [1.165, 1.54) is 22.9 Å². The van der Waals surface area contributed by atoms with Gasteiger partial charge in [-0.1, -0.05) is 40.2 Å². The Labute approximate surface area is 170 Å². The molecule has 1 aromatic heterocycles. The Morgan fingerprint density at radius 1 is 1.11 bits per heavy atom.